The SMILES string of the molecule is N/C=C(\N=CCc1ccc(-c2ccc3c(c2)CCC2=C3C3(c4cc5ccccc5cc42)c2ccccc2-c2ccccc23)cc1)c1ccccc1. The summed E-state index contributed by atoms with van der Waals surface area (Å²) in [7, 11) is 0. The molecule has 0 fully saturated rings. The maximum Gasteiger partial charge on any atom is 0.0852 e. The number of aliphatic imine (C=N–C) groups is 1. The predicted octanol–water partition coefficient (Wildman–Crippen LogP) is 11.3. The number of rotatable bonds is 5. The normalized spacial score (nSPS) is 15.2. The van der Waals surface area contributed by atoms with Crippen molar-refractivity contribution in [1.82, 2.24) is 0 Å². The molecule has 0 saturated carbocycles. The second kappa shape index (κ2) is 11.7. The lowest BCUT2D eigenvalue weighted by molar-refractivity contribution is 0.836. The zero-order valence-electron chi connectivity index (χ0n) is 28.3. The Hall–Kier alpha value is -6.25. The van der Waals surface area contributed by atoms with Crippen LogP contribution < -0.4 is 5.73 Å². The third-order valence-corrected chi connectivity index (χ3v) is 11.3. The Morgan fingerprint density at radius 2 is 1.22 bits per heavy atom. The van der Waals surface area contributed by atoms with Crippen molar-refractivity contribution in [2.75, 3.05) is 0 Å². The molecule has 7 aromatic rings. The molecule has 3 aliphatic carbocycles. The van der Waals surface area contributed by atoms with E-state index in [2.05, 4.69) is 132 Å². The van der Waals surface area contributed by atoms with Gasteiger partial charge in [-0.1, -0.05) is 146 Å². The van der Waals surface area contributed by atoms with Crippen molar-refractivity contribution >= 4 is 33.8 Å². The standard InChI is InChI=1S/C49H36N2/c50-31-47(34-10-2-1-3-11-34)51-27-26-32-18-20-33(21-19-32)37-22-24-39-38(28-37)23-25-42-43-29-35-12-4-5-13-36(35)30-46(43)49(48(39)42)44-16-8-6-14-40(44)41-15-7-9-17-45(41)49/h1-22,24,27-31H,23,25-26,50H2/b47-31-,51-27?. The highest BCUT2D eigenvalue weighted by Crippen LogP contribution is 2.66. The van der Waals surface area contributed by atoms with Crippen LogP contribution in [-0.4, -0.2) is 6.21 Å². The first-order valence-electron chi connectivity index (χ1n) is 17.9. The smallest absolute Gasteiger partial charge is 0.0852 e. The lowest BCUT2D eigenvalue weighted by Crippen LogP contribution is -2.27. The van der Waals surface area contributed by atoms with Gasteiger partial charge in [-0.05, 0) is 108 Å². The topological polar surface area (TPSA) is 38.4 Å². The van der Waals surface area contributed by atoms with Crippen molar-refractivity contribution in [3.8, 4) is 22.3 Å². The average Bonchev–Trinajstić information content (AvgIpc) is 3.66. The fourth-order valence-electron chi connectivity index (χ4n) is 9.10. The van der Waals surface area contributed by atoms with Gasteiger partial charge in [0.1, 0.15) is 0 Å². The van der Waals surface area contributed by atoms with Gasteiger partial charge in [-0.2, -0.15) is 0 Å². The quantitative estimate of drug-likeness (QED) is 0.185. The van der Waals surface area contributed by atoms with Gasteiger partial charge >= 0.3 is 0 Å². The first-order valence-corrected chi connectivity index (χ1v) is 17.9. The van der Waals surface area contributed by atoms with Crippen molar-refractivity contribution in [3.05, 3.63) is 208 Å². The number of benzene rings is 7. The minimum atomic E-state index is -0.346. The van der Waals surface area contributed by atoms with Crippen LogP contribution in [0.3, 0.4) is 0 Å². The molecule has 3 aliphatic rings. The third-order valence-electron chi connectivity index (χ3n) is 11.3. The van der Waals surface area contributed by atoms with E-state index >= 15 is 0 Å². The van der Waals surface area contributed by atoms with E-state index in [9.17, 15) is 0 Å². The van der Waals surface area contributed by atoms with Gasteiger partial charge in [-0.3, -0.25) is 4.99 Å². The van der Waals surface area contributed by atoms with E-state index in [-0.39, 0.29) is 5.41 Å². The number of fused-ring (bicyclic) bond motifs is 12. The van der Waals surface area contributed by atoms with Crippen LogP contribution in [0.15, 0.2) is 169 Å². The number of nitrogens with zero attached hydrogens (tertiary/aromatic N) is 1. The van der Waals surface area contributed by atoms with Crippen LogP contribution in [0.2, 0.25) is 0 Å². The van der Waals surface area contributed by atoms with Gasteiger partial charge in [0.2, 0.25) is 0 Å². The molecular formula is C49H36N2. The zero-order valence-corrected chi connectivity index (χ0v) is 28.3. The molecule has 0 radical (unpaired) electrons. The van der Waals surface area contributed by atoms with E-state index in [0.29, 0.717) is 0 Å². The second-order valence-corrected chi connectivity index (χ2v) is 13.9. The van der Waals surface area contributed by atoms with E-state index in [1.807, 2.05) is 36.5 Å². The van der Waals surface area contributed by atoms with E-state index in [1.54, 1.807) is 6.20 Å². The molecule has 2 nitrogen and oxygen atoms in total. The molecule has 0 atom stereocenters. The Morgan fingerprint density at radius 3 is 1.94 bits per heavy atom. The van der Waals surface area contributed by atoms with Crippen LogP contribution in [0.4, 0.5) is 0 Å². The highest BCUT2D eigenvalue weighted by molar-refractivity contribution is 6.12. The first-order chi connectivity index (χ1) is 25.2. The Balaban J connectivity index is 1.05. The van der Waals surface area contributed by atoms with Crippen molar-refractivity contribution < 1.29 is 0 Å². The molecule has 0 aliphatic heterocycles. The lowest BCUT2D eigenvalue weighted by Gasteiger charge is -2.35. The molecule has 0 bridgehead atoms. The van der Waals surface area contributed by atoms with Gasteiger partial charge in [0, 0.05) is 24.4 Å². The summed E-state index contributed by atoms with van der Waals surface area (Å²) in [6.07, 6.45) is 6.32. The van der Waals surface area contributed by atoms with E-state index in [4.69, 9.17) is 5.73 Å². The van der Waals surface area contributed by atoms with Gasteiger partial charge in [-0.15, -0.1) is 0 Å². The maximum absolute atomic E-state index is 5.89. The van der Waals surface area contributed by atoms with Gasteiger partial charge < -0.3 is 5.73 Å². The molecule has 242 valence electrons. The summed E-state index contributed by atoms with van der Waals surface area (Å²) in [6, 6.07) is 58.3. The molecule has 7 aromatic carbocycles. The Bertz CT molecular complexity index is 2560. The van der Waals surface area contributed by atoms with E-state index in [0.717, 1.165) is 30.5 Å². The molecule has 2 N–H and O–H groups in total. The summed E-state index contributed by atoms with van der Waals surface area (Å²) in [5, 5.41) is 2.61. The van der Waals surface area contributed by atoms with Gasteiger partial charge in [-0.25, -0.2) is 0 Å². The summed E-state index contributed by atoms with van der Waals surface area (Å²) in [6.45, 7) is 0. The molecular weight excluding hydrogens is 617 g/mol. The highest BCUT2D eigenvalue weighted by Gasteiger charge is 2.54. The average molecular weight is 653 g/mol. The summed E-state index contributed by atoms with van der Waals surface area (Å²) in [5.41, 5.74) is 25.2. The monoisotopic (exact) mass is 652 g/mol. The van der Waals surface area contributed by atoms with Gasteiger partial charge in [0.05, 0.1) is 11.1 Å². The molecule has 1 spiro atoms. The summed E-state index contributed by atoms with van der Waals surface area (Å²) < 4.78 is 0. The van der Waals surface area contributed by atoms with Crippen LogP contribution >= 0.6 is 0 Å². The minimum Gasteiger partial charge on any atom is -0.403 e. The fourth-order valence-corrected chi connectivity index (χ4v) is 9.10. The van der Waals surface area contributed by atoms with Crippen molar-refractivity contribution in [2.24, 2.45) is 10.7 Å². The molecule has 0 amide bonds. The molecule has 10 rings (SSSR count). The summed E-state index contributed by atoms with van der Waals surface area (Å²) in [5.74, 6) is 0. The van der Waals surface area contributed by atoms with Crippen LogP contribution in [0.1, 0.15) is 50.9 Å². The predicted molar refractivity (Wildman–Crippen MR) is 214 cm³/mol. The molecule has 0 saturated heterocycles. The van der Waals surface area contributed by atoms with E-state index in [1.165, 1.54) is 83.1 Å². The van der Waals surface area contributed by atoms with Crippen LogP contribution in [0, 0.1) is 0 Å². The number of hydrogen-bond donors (Lipinski definition) is 1. The highest BCUT2D eigenvalue weighted by atomic mass is 14.8. The molecule has 0 aromatic heterocycles. The zero-order chi connectivity index (χ0) is 33.9. The largest absolute Gasteiger partial charge is 0.403 e. The van der Waals surface area contributed by atoms with Crippen molar-refractivity contribution in [3.63, 3.8) is 0 Å². The number of hydrogen-bond acceptors (Lipinski definition) is 2. The van der Waals surface area contributed by atoms with E-state index < -0.39 is 0 Å². The Labute approximate surface area is 299 Å². The van der Waals surface area contributed by atoms with Crippen LogP contribution in [0.5, 0.6) is 0 Å². The first kappa shape index (κ1) is 29.6. The summed E-state index contributed by atoms with van der Waals surface area (Å²) in [4.78, 5) is 4.66. The van der Waals surface area contributed by atoms with Crippen LogP contribution in [0.25, 0.3) is 49.9 Å². The fraction of sp³-hybridized carbons (Fsp3) is 0.0816. The summed E-state index contributed by atoms with van der Waals surface area (Å²) >= 11 is 0. The van der Waals surface area contributed by atoms with Gasteiger partial charge in [0.15, 0.2) is 0 Å². The van der Waals surface area contributed by atoms with Crippen molar-refractivity contribution in [1.29, 1.82) is 0 Å². The number of allylic oxidation sites excluding steroid dienone is 2. The molecule has 0 unspecified atom stereocenters. The van der Waals surface area contributed by atoms with Crippen LogP contribution in [-0.2, 0) is 18.3 Å². The molecule has 51 heavy (non-hydrogen) atoms. The Morgan fingerprint density at radius 1 is 0.569 bits per heavy atom. The lowest BCUT2D eigenvalue weighted by atomic mass is 9.66. The molecule has 2 heteroatoms. The maximum atomic E-state index is 5.89. The Kier molecular flexibility index (Phi) is 6.79. The number of aryl methyl sites for hydroxylation is 1. The number of nitrogens with two attached hydrogens (primary N) is 1. The second-order valence-electron chi connectivity index (χ2n) is 13.9. The van der Waals surface area contributed by atoms with Gasteiger partial charge in [0.25, 0.3) is 0 Å². The molecule has 0 heterocycles. The minimum absolute atomic E-state index is 0.346. The van der Waals surface area contributed by atoms with Crippen molar-refractivity contribution in [2.45, 2.75) is 24.7 Å². The third kappa shape index (κ3) is 4.46.